The van der Waals surface area contributed by atoms with Crippen LogP contribution < -0.4 is 5.73 Å². The monoisotopic (exact) mass is 264 g/mol. The lowest BCUT2D eigenvalue weighted by Crippen LogP contribution is -2.36. The van der Waals surface area contributed by atoms with Crippen LogP contribution in [0.5, 0.6) is 0 Å². The lowest BCUT2D eigenvalue weighted by molar-refractivity contribution is 0.167. The second-order valence-electron chi connectivity index (χ2n) is 6.07. The van der Waals surface area contributed by atoms with Crippen molar-refractivity contribution < 1.29 is 4.39 Å². The SMILES string of the molecule is CC(C)CN(Cc1c(N)cccc1F)C1CCCC1. The maximum Gasteiger partial charge on any atom is 0.129 e. The first kappa shape index (κ1) is 14.3. The molecule has 2 rings (SSSR count). The summed E-state index contributed by atoms with van der Waals surface area (Å²) in [6.45, 7) is 6.08. The van der Waals surface area contributed by atoms with Crippen LogP contribution in [0, 0.1) is 11.7 Å². The van der Waals surface area contributed by atoms with Crippen molar-refractivity contribution in [1.29, 1.82) is 0 Å². The fraction of sp³-hybridized carbons (Fsp3) is 0.625. The number of hydrogen-bond acceptors (Lipinski definition) is 2. The molecule has 2 nitrogen and oxygen atoms in total. The lowest BCUT2D eigenvalue weighted by atomic mass is 10.1. The smallest absolute Gasteiger partial charge is 0.129 e. The number of halogens is 1. The van der Waals surface area contributed by atoms with E-state index in [1.54, 1.807) is 12.1 Å². The highest BCUT2D eigenvalue weighted by molar-refractivity contribution is 5.47. The molecule has 0 amide bonds. The first-order valence-electron chi connectivity index (χ1n) is 7.35. The molecule has 0 heterocycles. The molecule has 1 saturated carbocycles. The van der Waals surface area contributed by atoms with E-state index in [-0.39, 0.29) is 5.82 Å². The zero-order valence-electron chi connectivity index (χ0n) is 12.0. The molecule has 0 unspecified atom stereocenters. The summed E-state index contributed by atoms with van der Waals surface area (Å²) in [7, 11) is 0. The van der Waals surface area contributed by atoms with Gasteiger partial charge in [-0.15, -0.1) is 0 Å². The summed E-state index contributed by atoms with van der Waals surface area (Å²) in [5.41, 5.74) is 7.17. The van der Waals surface area contributed by atoms with Crippen molar-refractivity contribution in [2.24, 2.45) is 5.92 Å². The van der Waals surface area contributed by atoms with Gasteiger partial charge in [0.2, 0.25) is 0 Å². The predicted octanol–water partition coefficient (Wildman–Crippen LogP) is 3.81. The zero-order chi connectivity index (χ0) is 13.8. The summed E-state index contributed by atoms with van der Waals surface area (Å²) >= 11 is 0. The van der Waals surface area contributed by atoms with Crippen molar-refractivity contribution in [1.82, 2.24) is 4.90 Å². The second-order valence-corrected chi connectivity index (χ2v) is 6.07. The third kappa shape index (κ3) is 3.69. The van der Waals surface area contributed by atoms with Gasteiger partial charge in [-0.05, 0) is 30.9 Å². The van der Waals surface area contributed by atoms with Gasteiger partial charge in [-0.3, -0.25) is 4.90 Å². The fourth-order valence-electron chi connectivity index (χ4n) is 3.03. The van der Waals surface area contributed by atoms with Crippen molar-refractivity contribution in [2.75, 3.05) is 12.3 Å². The summed E-state index contributed by atoms with van der Waals surface area (Å²) in [6.07, 6.45) is 5.07. The predicted molar refractivity (Wildman–Crippen MR) is 78.3 cm³/mol. The van der Waals surface area contributed by atoms with Gasteiger partial charge in [0.05, 0.1) is 0 Å². The number of hydrogen-bond donors (Lipinski definition) is 1. The van der Waals surface area contributed by atoms with Gasteiger partial charge in [0.15, 0.2) is 0 Å². The van der Waals surface area contributed by atoms with Gasteiger partial charge in [0, 0.05) is 30.4 Å². The quantitative estimate of drug-likeness (QED) is 0.819. The van der Waals surface area contributed by atoms with Crippen LogP contribution in [0.1, 0.15) is 45.1 Å². The third-order valence-electron chi connectivity index (χ3n) is 3.96. The lowest BCUT2D eigenvalue weighted by Gasteiger charge is -2.31. The highest BCUT2D eigenvalue weighted by Gasteiger charge is 2.24. The summed E-state index contributed by atoms with van der Waals surface area (Å²) in [4.78, 5) is 2.42. The Kier molecular flexibility index (Phi) is 4.81. The normalized spacial score (nSPS) is 16.7. The van der Waals surface area contributed by atoms with Crippen LogP contribution in [0.3, 0.4) is 0 Å². The molecule has 0 spiro atoms. The molecular weight excluding hydrogens is 239 g/mol. The van der Waals surface area contributed by atoms with Crippen molar-refractivity contribution in [3.8, 4) is 0 Å². The number of nitrogens with zero attached hydrogens (tertiary/aromatic N) is 1. The van der Waals surface area contributed by atoms with E-state index in [0.717, 1.165) is 6.54 Å². The summed E-state index contributed by atoms with van der Waals surface area (Å²) in [6, 6.07) is 5.58. The second kappa shape index (κ2) is 6.38. The average molecular weight is 264 g/mol. The minimum absolute atomic E-state index is 0.174. The molecule has 1 aromatic rings. The van der Waals surface area contributed by atoms with Crippen LogP contribution in [0.2, 0.25) is 0 Å². The van der Waals surface area contributed by atoms with E-state index in [0.29, 0.717) is 29.8 Å². The van der Waals surface area contributed by atoms with Gasteiger partial charge in [-0.1, -0.05) is 32.8 Å². The molecule has 0 aromatic heterocycles. The first-order chi connectivity index (χ1) is 9.08. The Labute approximate surface area is 115 Å². The maximum absolute atomic E-state index is 13.9. The molecule has 1 aliphatic rings. The average Bonchev–Trinajstić information content (AvgIpc) is 2.85. The van der Waals surface area contributed by atoms with Crippen LogP contribution in [0.25, 0.3) is 0 Å². The van der Waals surface area contributed by atoms with Crippen LogP contribution in [0.4, 0.5) is 10.1 Å². The summed E-state index contributed by atoms with van der Waals surface area (Å²) < 4.78 is 13.9. The number of nitrogens with two attached hydrogens (primary N) is 1. The Bertz CT molecular complexity index is 391. The Morgan fingerprint density at radius 3 is 2.58 bits per heavy atom. The minimum Gasteiger partial charge on any atom is -0.398 e. The van der Waals surface area contributed by atoms with Crippen molar-refractivity contribution in [3.05, 3.63) is 29.6 Å². The molecule has 0 saturated heterocycles. The molecule has 0 aliphatic heterocycles. The Morgan fingerprint density at radius 2 is 2.00 bits per heavy atom. The van der Waals surface area contributed by atoms with E-state index in [4.69, 9.17) is 5.73 Å². The number of rotatable bonds is 5. The standard InChI is InChI=1S/C16H25FN2/c1-12(2)10-19(13-6-3-4-7-13)11-14-15(17)8-5-9-16(14)18/h5,8-9,12-13H,3-4,6-7,10-11,18H2,1-2H3. The molecular formula is C16H25FN2. The molecule has 19 heavy (non-hydrogen) atoms. The largest absolute Gasteiger partial charge is 0.398 e. The number of anilines is 1. The summed E-state index contributed by atoms with van der Waals surface area (Å²) in [5.74, 6) is 0.417. The number of benzene rings is 1. The van der Waals surface area contributed by atoms with E-state index in [2.05, 4.69) is 18.7 Å². The summed E-state index contributed by atoms with van der Waals surface area (Å²) in [5, 5.41) is 0. The van der Waals surface area contributed by atoms with Gasteiger partial charge in [-0.2, -0.15) is 0 Å². The molecule has 1 fully saturated rings. The van der Waals surface area contributed by atoms with Gasteiger partial charge < -0.3 is 5.73 Å². The zero-order valence-corrected chi connectivity index (χ0v) is 12.0. The molecule has 0 bridgehead atoms. The van der Waals surface area contributed by atoms with Crippen LogP contribution >= 0.6 is 0 Å². The Hall–Kier alpha value is -1.09. The van der Waals surface area contributed by atoms with Gasteiger partial charge in [-0.25, -0.2) is 4.39 Å². The van der Waals surface area contributed by atoms with E-state index in [9.17, 15) is 4.39 Å². The van der Waals surface area contributed by atoms with Gasteiger partial charge >= 0.3 is 0 Å². The van der Waals surface area contributed by atoms with Crippen LogP contribution in [0.15, 0.2) is 18.2 Å². The van der Waals surface area contributed by atoms with Crippen molar-refractivity contribution >= 4 is 5.69 Å². The highest BCUT2D eigenvalue weighted by atomic mass is 19.1. The maximum atomic E-state index is 13.9. The molecule has 106 valence electrons. The number of nitrogen functional groups attached to an aromatic ring is 1. The molecule has 3 heteroatoms. The van der Waals surface area contributed by atoms with Crippen molar-refractivity contribution in [3.63, 3.8) is 0 Å². The topological polar surface area (TPSA) is 29.3 Å². The van der Waals surface area contributed by atoms with Gasteiger partial charge in [0.25, 0.3) is 0 Å². The molecule has 2 N–H and O–H groups in total. The van der Waals surface area contributed by atoms with E-state index >= 15 is 0 Å². The molecule has 1 aromatic carbocycles. The van der Waals surface area contributed by atoms with E-state index in [1.807, 2.05) is 0 Å². The Balaban J connectivity index is 2.14. The highest BCUT2D eigenvalue weighted by Crippen LogP contribution is 2.27. The van der Waals surface area contributed by atoms with E-state index < -0.39 is 0 Å². The van der Waals surface area contributed by atoms with Crippen LogP contribution in [-0.2, 0) is 6.54 Å². The Morgan fingerprint density at radius 1 is 1.32 bits per heavy atom. The van der Waals surface area contributed by atoms with Gasteiger partial charge in [0.1, 0.15) is 5.82 Å². The van der Waals surface area contributed by atoms with Crippen LogP contribution in [-0.4, -0.2) is 17.5 Å². The third-order valence-corrected chi connectivity index (χ3v) is 3.96. The molecule has 0 radical (unpaired) electrons. The minimum atomic E-state index is -0.174. The first-order valence-corrected chi connectivity index (χ1v) is 7.35. The fourth-order valence-corrected chi connectivity index (χ4v) is 3.03. The molecule has 1 aliphatic carbocycles. The van der Waals surface area contributed by atoms with E-state index in [1.165, 1.54) is 31.7 Å². The van der Waals surface area contributed by atoms with Crippen molar-refractivity contribution in [2.45, 2.75) is 52.1 Å². The molecule has 0 atom stereocenters.